The topological polar surface area (TPSA) is 106 Å². The Labute approximate surface area is 182 Å². The molecule has 0 atom stereocenters. The molecule has 4 aromatic rings. The lowest BCUT2D eigenvalue weighted by molar-refractivity contribution is -0.133. The number of hydrogen-bond donors (Lipinski definition) is 0. The van der Waals surface area contributed by atoms with Gasteiger partial charge in [-0.15, -0.1) is 0 Å². The van der Waals surface area contributed by atoms with Gasteiger partial charge in [0, 0.05) is 26.2 Å². The number of para-hydroxylation sites is 1. The Hall–Kier alpha value is -4.21. The minimum atomic E-state index is -0.322. The molecule has 3 aromatic heterocycles. The average molecular weight is 432 g/mol. The van der Waals surface area contributed by atoms with Crippen LogP contribution in [-0.4, -0.2) is 67.1 Å². The first-order chi connectivity index (χ1) is 15.6. The summed E-state index contributed by atoms with van der Waals surface area (Å²) < 4.78 is 8.05. The van der Waals surface area contributed by atoms with Crippen LogP contribution >= 0.6 is 0 Å². The number of aromatic nitrogens is 4. The van der Waals surface area contributed by atoms with E-state index in [-0.39, 0.29) is 29.7 Å². The largest absolute Gasteiger partial charge is 0.459 e. The van der Waals surface area contributed by atoms with E-state index >= 15 is 0 Å². The Balaban J connectivity index is 1.28. The summed E-state index contributed by atoms with van der Waals surface area (Å²) in [5.41, 5.74) is 0.914. The lowest BCUT2D eigenvalue weighted by Gasteiger charge is -2.34. The maximum absolute atomic E-state index is 12.9. The zero-order valence-corrected chi connectivity index (χ0v) is 17.1. The normalized spacial score (nSPS) is 14.1. The van der Waals surface area contributed by atoms with Gasteiger partial charge in [0.25, 0.3) is 11.5 Å². The van der Waals surface area contributed by atoms with Crippen LogP contribution in [0.15, 0.2) is 70.5 Å². The van der Waals surface area contributed by atoms with Gasteiger partial charge in [-0.25, -0.2) is 9.67 Å². The molecular weight excluding hydrogens is 412 g/mol. The summed E-state index contributed by atoms with van der Waals surface area (Å²) in [4.78, 5) is 45.7. The number of hydrogen-bond acceptors (Lipinski definition) is 6. The van der Waals surface area contributed by atoms with Gasteiger partial charge in [0.05, 0.1) is 18.1 Å². The van der Waals surface area contributed by atoms with Crippen molar-refractivity contribution in [3.8, 4) is 5.69 Å². The van der Waals surface area contributed by atoms with Crippen LogP contribution in [-0.2, 0) is 11.3 Å². The number of benzene rings is 1. The molecule has 0 N–H and O–H groups in total. The summed E-state index contributed by atoms with van der Waals surface area (Å²) in [6, 6.07) is 12.7. The van der Waals surface area contributed by atoms with Crippen molar-refractivity contribution in [2.45, 2.75) is 6.54 Å². The van der Waals surface area contributed by atoms with Gasteiger partial charge >= 0.3 is 0 Å². The molecule has 0 unspecified atom stereocenters. The van der Waals surface area contributed by atoms with E-state index in [1.54, 1.807) is 26.6 Å². The van der Waals surface area contributed by atoms with Crippen molar-refractivity contribution in [3.63, 3.8) is 0 Å². The van der Waals surface area contributed by atoms with Gasteiger partial charge in [-0.1, -0.05) is 18.2 Å². The van der Waals surface area contributed by atoms with Crippen molar-refractivity contribution in [1.82, 2.24) is 29.1 Å². The van der Waals surface area contributed by atoms with Gasteiger partial charge in [0.15, 0.2) is 11.4 Å². The highest BCUT2D eigenvalue weighted by Gasteiger charge is 2.26. The number of amides is 2. The van der Waals surface area contributed by atoms with Crippen molar-refractivity contribution in [1.29, 1.82) is 0 Å². The number of carbonyl (C=O) groups excluding carboxylic acids is 2. The first-order valence-electron chi connectivity index (χ1n) is 10.2. The van der Waals surface area contributed by atoms with Crippen LogP contribution in [0.1, 0.15) is 10.6 Å². The number of nitrogens with zero attached hydrogens (tertiary/aromatic N) is 6. The lowest BCUT2D eigenvalue weighted by atomic mass is 10.2. The van der Waals surface area contributed by atoms with Gasteiger partial charge < -0.3 is 14.2 Å². The highest BCUT2D eigenvalue weighted by molar-refractivity contribution is 5.91. The van der Waals surface area contributed by atoms with Crippen LogP contribution in [0.2, 0.25) is 0 Å². The second-order valence-electron chi connectivity index (χ2n) is 7.46. The Morgan fingerprint density at radius 1 is 0.969 bits per heavy atom. The predicted octanol–water partition coefficient (Wildman–Crippen LogP) is 1.16. The number of rotatable bonds is 4. The molecule has 32 heavy (non-hydrogen) atoms. The Kier molecular flexibility index (Phi) is 5.02. The molecule has 1 aliphatic heterocycles. The van der Waals surface area contributed by atoms with Crippen LogP contribution in [0.3, 0.4) is 0 Å². The highest BCUT2D eigenvalue weighted by Crippen LogP contribution is 2.13. The van der Waals surface area contributed by atoms with E-state index in [9.17, 15) is 14.4 Å². The molecule has 10 heteroatoms. The van der Waals surface area contributed by atoms with Crippen molar-refractivity contribution in [3.05, 3.63) is 77.4 Å². The highest BCUT2D eigenvalue weighted by atomic mass is 16.3. The fourth-order valence-corrected chi connectivity index (χ4v) is 3.78. The van der Waals surface area contributed by atoms with Gasteiger partial charge in [0.1, 0.15) is 18.3 Å². The zero-order chi connectivity index (χ0) is 22.1. The van der Waals surface area contributed by atoms with Gasteiger partial charge in [0.2, 0.25) is 5.91 Å². The Morgan fingerprint density at radius 3 is 2.44 bits per heavy atom. The zero-order valence-electron chi connectivity index (χ0n) is 17.1. The average Bonchev–Trinajstić information content (AvgIpc) is 3.52. The van der Waals surface area contributed by atoms with E-state index in [0.29, 0.717) is 37.2 Å². The SMILES string of the molecule is O=C(Cn1cnc2c(cnn2-c2ccccc2)c1=O)N1CCN(C(=O)c2ccco2)CC1. The third kappa shape index (κ3) is 3.55. The molecular formula is C22H20N6O4. The number of fused-ring (bicyclic) bond motifs is 1. The van der Waals surface area contributed by atoms with Gasteiger partial charge in [-0.05, 0) is 24.3 Å². The predicted molar refractivity (Wildman–Crippen MR) is 114 cm³/mol. The van der Waals surface area contributed by atoms with Crippen molar-refractivity contribution in [2.24, 2.45) is 0 Å². The van der Waals surface area contributed by atoms with E-state index in [4.69, 9.17) is 4.42 Å². The summed E-state index contributed by atoms with van der Waals surface area (Å²) in [6.07, 6.45) is 4.30. The standard InChI is InChI=1S/C22H20N6O4/c29-19(25-8-10-26(11-9-25)22(31)18-7-4-12-32-18)14-27-15-23-20-17(21(27)30)13-24-28(20)16-5-2-1-3-6-16/h1-7,12-13,15H,8-11,14H2. The molecule has 10 nitrogen and oxygen atoms in total. The van der Waals surface area contributed by atoms with Crippen LogP contribution in [0.25, 0.3) is 16.7 Å². The molecule has 0 aliphatic carbocycles. The van der Waals surface area contributed by atoms with Crippen LogP contribution in [0.5, 0.6) is 0 Å². The summed E-state index contributed by atoms with van der Waals surface area (Å²) in [5, 5.41) is 4.63. The molecule has 5 rings (SSSR count). The first kappa shape index (κ1) is 19.7. The fourth-order valence-electron chi connectivity index (χ4n) is 3.78. The molecule has 0 radical (unpaired) electrons. The maximum atomic E-state index is 12.9. The summed E-state index contributed by atoms with van der Waals surface area (Å²) in [7, 11) is 0. The van der Waals surface area contributed by atoms with Gasteiger partial charge in [-0.3, -0.25) is 19.0 Å². The van der Waals surface area contributed by atoms with Crippen LogP contribution in [0.4, 0.5) is 0 Å². The molecule has 0 saturated carbocycles. The molecule has 0 bridgehead atoms. The monoisotopic (exact) mass is 432 g/mol. The van der Waals surface area contributed by atoms with E-state index < -0.39 is 0 Å². The van der Waals surface area contributed by atoms with Gasteiger partial charge in [-0.2, -0.15) is 5.10 Å². The third-order valence-corrected chi connectivity index (χ3v) is 5.51. The minimum absolute atomic E-state index is 0.121. The lowest BCUT2D eigenvalue weighted by Crippen LogP contribution is -2.51. The van der Waals surface area contributed by atoms with E-state index in [1.165, 1.54) is 23.4 Å². The van der Waals surface area contributed by atoms with E-state index in [1.807, 2.05) is 30.3 Å². The molecule has 162 valence electrons. The van der Waals surface area contributed by atoms with Crippen LogP contribution in [0, 0.1) is 0 Å². The summed E-state index contributed by atoms with van der Waals surface area (Å²) >= 11 is 0. The number of piperazine rings is 1. The quantitative estimate of drug-likeness (QED) is 0.479. The minimum Gasteiger partial charge on any atom is -0.459 e. The van der Waals surface area contributed by atoms with E-state index in [2.05, 4.69) is 10.1 Å². The molecule has 2 amide bonds. The number of furan rings is 1. The van der Waals surface area contributed by atoms with Crippen molar-refractivity contribution >= 4 is 22.8 Å². The smallest absolute Gasteiger partial charge is 0.289 e. The van der Waals surface area contributed by atoms with Crippen LogP contribution < -0.4 is 5.56 Å². The second-order valence-corrected chi connectivity index (χ2v) is 7.46. The molecule has 1 saturated heterocycles. The summed E-state index contributed by atoms with van der Waals surface area (Å²) in [5.74, 6) is -0.107. The van der Waals surface area contributed by atoms with Crippen molar-refractivity contribution in [2.75, 3.05) is 26.2 Å². The molecule has 4 heterocycles. The second kappa shape index (κ2) is 8.14. The molecule has 1 fully saturated rings. The maximum Gasteiger partial charge on any atom is 0.289 e. The third-order valence-electron chi connectivity index (χ3n) is 5.51. The molecule has 1 aliphatic rings. The fraction of sp³-hybridized carbons (Fsp3) is 0.227. The molecule has 0 spiro atoms. The summed E-state index contributed by atoms with van der Waals surface area (Å²) in [6.45, 7) is 1.47. The Bertz CT molecular complexity index is 1320. The first-order valence-corrected chi connectivity index (χ1v) is 10.2. The Morgan fingerprint density at radius 2 is 1.72 bits per heavy atom. The molecule has 1 aromatic carbocycles. The number of carbonyl (C=O) groups is 2. The van der Waals surface area contributed by atoms with E-state index in [0.717, 1.165) is 5.69 Å². The van der Waals surface area contributed by atoms with Crippen molar-refractivity contribution < 1.29 is 14.0 Å².